The number of nitriles is 1. The van der Waals surface area contributed by atoms with Gasteiger partial charge in [-0.3, -0.25) is 0 Å². The fourth-order valence-electron chi connectivity index (χ4n) is 2.31. The van der Waals surface area contributed by atoms with Crippen molar-refractivity contribution in [3.8, 4) is 11.8 Å². The minimum absolute atomic E-state index is 0.0207. The maximum Gasteiger partial charge on any atom is 0.122 e. The molecule has 90 valence electrons. The molecule has 3 nitrogen and oxygen atoms in total. The monoisotopic (exact) mass is 231 g/mol. The molecule has 0 unspecified atom stereocenters. The van der Waals surface area contributed by atoms with Crippen molar-refractivity contribution in [2.75, 3.05) is 20.3 Å². The van der Waals surface area contributed by atoms with Crippen LogP contribution in [0.3, 0.4) is 0 Å². The highest BCUT2D eigenvalue weighted by Crippen LogP contribution is 2.41. The molecule has 1 aromatic rings. The molecule has 0 N–H and O–H groups in total. The lowest BCUT2D eigenvalue weighted by molar-refractivity contribution is -0.0646. The molecule has 3 heteroatoms. The van der Waals surface area contributed by atoms with Gasteiger partial charge in [-0.1, -0.05) is 17.7 Å². The van der Waals surface area contributed by atoms with Crippen LogP contribution in [0, 0.1) is 18.3 Å². The van der Waals surface area contributed by atoms with Crippen LogP contribution < -0.4 is 4.74 Å². The van der Waals surface area contributed by atoms with Gasteiger partial charge in [0.25, 0.3) is 0 Å². The molecule has 0 atom stereocenters. The summed E-state index contributed by atoms with van der Waals surface area (Å²) in [5.74, 6) is 0.900. The first-order valence-corrected chi connectivity index (χ1v) is 5.82. The average molecular weight is 231 g/mol. The first-order valence-electron chi connectivity index (χ1n) is 5.82. The fraction of sp³-hybridized carbons (Fsp3) is 0.500. The van der Waals surface area contributed by atoms with Gasteiger partial charge in [-0.05, 0) is 19.4 Å². The van der Waals surface area contributed by atoms with Crippen LogP contribution in [0.15, 0.2) is 18.2 Å². The maximum atomic E-state index is 8.76. The Bertz CT molecular complexity index is 444. The van der Waals surface area contributed by atoms with Gasteiger partial charge in [0.1, 0.15) is 5.75 Å². The van der Waals surface area contributed by atoms with E-state index in [0.29, 0.717) is 19.6 Å². The summed E-state index contributed by atoms with van der Waals surface area (Å²) in [7, 11) is 1.69. The highest BCUT2D eigenvalue weighted by atomic mass is 16.5. The Labute approximate surface area is 102 Å². The van der Waals surface area contributed by atoms with E-state index in [1.165, 1.54) is 11.1 Å². The van der Waals surface area contributed by atoms with E-state index >= 15 is 0 Å². The molecule has 1 aliphatic rings. The first kappa shape index (κ1) is 11.9. The Kier molecular flexibility index (Phi) is 3.35. The molecule has 0 spiro atoms. The maximum absolute atomic E-state index is 8.76. The molecule has 1 aromatic carbocycles. The lowest BCUT2D eigenvalue weighted by Gasteiger charge is -2.42. The summed E-state index contributed by atoms with van der Waals surface area (Å²) in [4.78, 5) is 0. The number of methoxy groups -OCH3 is 1. The third-order valence-electron chi connectivity index (χ3n) is 3.40. The van der Waals surface area contributed by atoms with Crippen LogP contribution in [0.1, 0.15) is 24.0 Å². The molecule has 0 bridgehead atoms. The van der Waals surface area contributed by atoms with Crippen LogP contribution in [0.2, 0.25) is 0 Å². The van der Waals surface area contributed by atoms with Gasteiger partial charge in [0.15, 0.2) is 0 Å². The zero-order chi connectivity index (χ0) is 12.3. The average Bonchev–Trinajstić information content (AvgIpc) is 2.28. The highest BCUT2D eigenvalue weighted by Gasteiger charge is 2.41. The molecule has 0 amide bonds. The van der Waals surface area contributed by atoms with E-state index in [1.54, 1.807) is 7.11 Å². The second kappa shape index (κ2) is 4.77. The third-order valence-corrected chi connectivity index (χ3v) is 3.40. The Morgan fingerprint density at radius 2 is 2.24 bits per heavy atom. The molecule has 1 aliphatic heterocycles. The van der Waals surface area contributed by atoms with Crippen LogP contribution in [0.4, 0.5) is 0 Å². The Hall–Kier alpha value is -1.53. The molecule has 0 aliphatic carbocycles. The number of nitrogens with zero attached hydrogens (tertiary/aromatic N) is 1. The summed E-state index contributed by atoms with van der Waals surface area (Å²) in [6.07, 6.45) is 1.39. The van der Waals surface area contributed by atoms with Gasteiger partial charge < -0.3 is 9.47 Å². The van der Waals surface area contributed by atoms with Gasteiger partial charge >= 0.3 is 0 Å². The zero-order valence-corrected chi connectivity index (χ0v) is 10.3. The highest BCUT2D eigenvalue weighted by molar-refractivity contribution is 5.43. The smallest absolute Gasteiger partial charge is 0.122 e. The van der Waals surface area contributed by atoms with Crippen LogP contribution in [0.25, 0.3) is 0 Å². The summed E-state index contributed by atoms with van der Waals surface area (Å²) < 4.78 is 10.8. The standard InChI is InChI=1S/C14H17NO2/c1-11-4-5-13(16-2)12(8-11)14(6-3-7-15)9-17-10-14/h4-5,8H,3,6,9-10H2,1-2H3. The number of benzene rings is 1. The van der Waals surface area contributed by atoms with Gasteiger partial charge in [0.05, 0.1) is 26.4 Å². The van der Waals surface area contributed by atoms with E-state index in [9.17, 15) is 0 Å². The van der Waals surface area contributed by atoms with E-state index in [0.717, 1.165) is 12.2 Å². The van der Waals surface area contributed by atoms with Crippen molar-refractivity contribution in [1.82, 2.24) is 0 Å². The predicted octanol–water partition coefficient (Wildman–Crippen LogP) is 2.58. The summed E-state index contributed by atoms with van der Waals surface area (Å²) in [6.45, 7) is 3.45. The molecule has 0 aromatic heterocycles. The van der Waals surface area contributed by atoms with Crippen molar-refractivity contribution < 1.29 is 9.47 Å². The van der Waals surface area contributed by atoms with Crippen LogP contribution >= 0.6 is 0 Å². The number of hydrogen-bond donors (Lipinski definition) is 0. The van der Waals surface area contributed by atoms with Crippen molar-refractivity contribution in [3.63, 3.8) is 0 Å². The summed E-state index contributed by atoms with van der Waals surface area (Å²) in [6, 6.07) is 8.41. The molecular formula is C14H17NO2. The van der Waals surface area contributed by atoms with Gasteiger partial charge in [0, 0.05) is 17.4 Å². The minimum atomic E-state index is -0.0207. The molecule has 1 fully saturated rings. The predicted molar refractivity (Wildman–Crippen MR) is 65.1 cm³/mol. The van der Waals surface area contributed by atoms with Crippen molar-refractivity contribution in [2.24, 2.45) is 0 Å². The zero-order valence-electron chi connectivity index (χ0n) is 10.3. The van der Waals surface area contributed by atoms with E-state index in [1.807, 2.05) is 12.1 Å². The second-order valence-corrected chi connectivity index (χ2v) is 4.63. The summed E-state index contributed by atoms with van der Waals surface area (Å²) in [5, 5.41) is 8.76. The van der Waals surface area contributed by atoms with Crippen molar-refractivity contribution >= 4 is 0 Å². The van der Waals surface area contributed by atoms with E-state index in [2.05, 4.69) is 19.1 Å². The SMILES string of the molecule is COc1ccc(C)cc1C1(CCC#N)COC1. The Morgan fingerprint density at radius 3 is 2.76 bits per heavy atom. The van der Waals surface area contributed by atoms with E-state index < -0.39 is 0 Å². The van der Waals surface area contributed by atoms with Gasteiger partial charge in [0.2, 0.25) is 0 Å². The van der Waals surface area contributed by atoms with E-state index in [-0.39, 0.29) is 5.41 Å². The van der Waals surface area contributed by atoms with Gasteiger partial charge in [-0.2, -0.15) is 5.26 Å². The van der Waals surface area contributed by atoms with Crippen LogP contribution in [-0.4, -0.2) is 20.3 Å². The molecule has 0 radical (unpaired) electrons. The van der Waals surface area contributed by atoms with Crippen LogP contribution in [0.5, 0.6) is 5.75 Å². The lowest BCUT2D eigenvalue weighted by atomic mass is 9.74. The van der Waals surface area contributed by atoms with Crippen LogP contribution in [-0.2, 0) is 10.2 Å². The van der Waals surface area contributed by atoms with Crippen molar-refractivity contribution in [3.05, 3.63) is 29.3 Å². The summed E-state index contributed by atoms with van der Waals surface area (Å²) in [5.41, 5.74) is 2.37. The van der Waals surface area contributed by atoms with E-state index in [4.69, 9.17) is 14.7 Å². The molecule has 1 saturated heterocycles. The van der Waals surface area contributed by atoms with Gasteiger partial charge in [-0.25, -0.2) is 0 Å². The van der Waals surface area contributed by atoms with Gasteiger partial charge in [-0.15, -0.1) is 0 Å². The molecule has 2 rings (SSSR count). The third kappa shape index (κ3) is 2.13. The normalized spacial score (nSPS) is 17.0. The second-order valence-electron chi connectivity index (χ2n) is 4.63. The molecule has 1 heterocycles. The topological polar surface area (TPSA) is 42.2 Å². The number of hydrogen-bond acceptors (Lipinski definition) is 3. The minimum Gasteiger partial charge on any atom is -0.496 e. The number of ether oxygens (including phenoxy) is 2. The summed E-state index contributed by atoms with van der Waals surface area (Å²) >= 11 is 0. The van der Waals surface area contributed by atoms with Crippen molar-refractivity contribution in [2.45, 2.75) is 25.2 Å². The molecular weight excluding hydrogens is 214 g/mol. The number of rotatable bonds is 4. The lowest BCUT2D eigenvalue weighted by Crippen LogP contribution is -2.46. The quantitative estimate of drug-likeness (QED) is 0.799. The Morgan fingerprint density at radius 1 is 1.47 bits per heavy atom. The fourth-order valence-corrected chi connectivity index (χ4v) is 2.31. The van der Waals surface area contributed by atoms with Crippen molar-refractivity contribution in [1.29, 1.82) is 5.26 Å². The first-order chi connectivity index (χ1) is 8.22. The largest absolute Gasteiger partial charge is 0.496 e. The molecule has 0 saturated carbocycles. The Balaban J connectivity index is 2.36. The molecule has 17 heavy (non-hydrogen) atoms. The number of aryl methyl sites for hydroxylation is 1.